The molecule has 0 aliphatic carbocycles. The topological polar surface area (TPSA) is 59.8 Å². The summed E-state index contributed by atoms with van der Waals surface area (Å²) in [4.78, 5) is 26.3. The molecule has 1 amide bonds. The van der Waals surface area contributed by atoms with Gasteiger partial charge in [0, 0.05) is 28.6 Å². The van der Waals surface area contributed by atoms with Gasteiger partial charge < -0.3 is 14.1 Å². The number of aryl methyl sites for hydroxylation is 1. The minimum atomic E-state index is -1.50. The number of hydrogen-bond donors (Lipinski definition) is 0. The van der Waals surface area contributed by atoms with Crippen LogP contribution in [-0.4, -0.2) is 30.9 Å². The number of hydrogen-bond acceptors (Lipinski definition) is 4. The van der Waals surface area contributed by atoms with Gasteiger partial charge >= 0.3 is 5.97 Å². The number of furan rings is 1. The molecule has 2 aromatic carbocycles. The van der Waals surface area contributed by atoms with E-state index in [2.05, 4.69) is 0 Å². The lowest BCUT2D eigenvalue weighted by atomic mass is 10.0. The first kappa shape index (κ1) is 19.8. The smallest absolute Gasteiger partial charge is 0.333 e. The van der Waals surface area contributed by atoms with E-state index in [4.69, 9.17) is 20.8 Å². The monoisotopic (exact) mass is 407 g/mol. The van der Waals surface area contributed by atoms with Crippen LogP contribution in [0.5, 0.6) is 0 Å². The Morgan fingerprint density at radius 3 is 2.57 bits per heavy atom. The Balaban J connectivity index is 2.07. The van der Waals surface area contributed by atoms with Gasteiger partial charge in [0.15, 0.2) is 11.8 Å². The van der Waals surface area contributed by atoms with Crippen LogP contribution in [0.15, 0.2) is 40.8 Å². The lowest BCUT2D eigenvalue weighted by molar-refractivity contribution is -0.146. The fourth-order valence-corrected chi connectivity index (χ4v) is 3.18. The highest BCUT2D eigenvalue weighted by molar-refractivity contribution is 6.31. The Kier molecular flexibility index (Phi) is 5.38. The van der Waals surface area contributed by atoms with E-state index in [-0.39, 0.29) is 11.3 Å². The summed E-state index contributed by atoms with van der Waals surface area (Å²) < 4.78 is 38.3. The fourth-order valence-electron chi connectivity index (χ4n) is 3.00. The third kappa shape index (κ3) is 3.45. The summed E-state index contributed by atoms with van der Waals surface area (Å²) in [5.41, 5.74) is 0.627. The zero-order valence-electron chi connectivity index (χ0n) is 15.3. The standard InChI is InChI=1S/C20H16ClF2NO4/c1-10-13-8-11(21)4-7-16(13)28-18(10)19(25)24(2)17(20(26)27-3)14-9-12(22)5-6-15(14)23/h4-9,17H,1-3H3. The van der Waals surface area contributed by atoms with Crippen LogP contribution in [-0.2, 0) is 9.53 Å². The van der Waals surface area contributed by atoms with Gasteiger partial charge in [0.2, 0.25) is 0 Å². The van der Waals surface area contributed by atoms with Gasteiger partial charge in [-0.15, -0.1) is 0 Å². The molecule has 1 heterocycles. The van der Waals surface area contributed by atoms with Gasteiger partial charge in [-0.2, -0.15) is 0 Å². The van der Waals surface area contributed by atoms with Crippen molar-refractivity contribution in [3.63, 3.8) is 0 Å². The van der Waals surface area contributed by atoms with E-state index in [0.29, 0.717) is 21.6 Å². The average Bonchev–Trinajstić information content (AvgIpc) is 2.99. The number of carbonyl (C=O) groups is 2. The van der Waals surface area contributed by atoms with Crippen LogP contribution in [0.4, 0.5) is 8.78 Å². The number of amides is 1. The Morgan fingerprint density at radius 2 is 1.89 bits per heavy atom. The van der Waals surface area contributed by atoms with Crippen LogP contribution in [0.3, 0.4) is 0 Å². The molecule has 0 radical (unpaired) electrons. The largest absolute Gasteiger partial charge is 0.467 e. The summed E-state index contributed by atoms with van der Waals surface area (Å²) in [5, 5.41) is 1.11. The highest BCUT2D eigenvalue weighted by Gasteiger charge is 2.34. The molecule has 0 saturated carbocycles. The van der Waals surface area contributed by atoms with E-state index in [1.807, 2.05) is 0 Å². The first-order chi connectivity index (χ1) is 13.2. The number of fused-ring (bicyclic) bond motifs is 1. The van der Waals surface area contributed by atoms with Crippen molar-refractivity contribution in [1.29, 1.82) is 0 Å². The molecule has 0 bridgehead atoms. The molecular formula is C20H16ClF2NO4. The maximum absolute atomic E-state index is 14.3. The first-order valence-corrected chi connectivity index (χ1v) is 8.61. The molecule has 146 valence electrons. The maximum atomic E-state index is 14.3. The van der Waals surface area contributed by atoms with Gasteiger partial charge in [-0.1, -0.05) is 11.6 Å². The van der Waals surface area contributed by atoms with Gasteiger partial charge in [-0.25, -0.2) is 13.6 Å². The molecule has 0 fully saturated rings. The maximum Gasteiger partial charge on any atom is 0.333 e. The van der Waals surface area contributed by atoms with Crippen LogP contribution in [0.25, 0.3) is 11.0 Å². The number of carbonyl (C=O) groups excluding carboxylic acids is 2. The van der Waals surface area contributed by atoms with E-state index < -0.39 is 29.6 Å². The minimum Gasteiger partial charge on any atom is -0.467 e. The molecule has 0 aliphatic heterocycles. The van der Waals surface area contributed by atoms with Gasteiger partial charge in [-0.05, 0) is 43.3 Å². The van der Waals surface area contributed by atoms with Crippen LogP contribution in [0, 0.1) is 18.6 Å². The molecule has 0 spiro atoms. The van der Waals surface area contributed by atoms with Crippen molar-refractivity contribution in [1.82, 2.24) is 4.90 Å². The molecule has 3 aromatic rings. The third-order valence-corrected chi connectivity index (χ3v) is 4.71. The summed E-state index contributed by atoms with van der Waals surface area (Å²) in [5.74, 6) is -3.24. The van der Waals surface area contributed by atoms with Gasteiger partial charge in [-0.3, -0.25) is 4.79 Å². The Hall–Kier alpha value is -2.93. The van der Waals surface area contributed by atoms with Crippen molar-refractivity contribution in [3.05, 3.63) is 69.9 Å². The molecule has 0 aliphatic rings. The predicted molar refractivity (Wildman–Crippen MR) is 99.2 cm³/mol. The van der Waals surface area contributed by atoms with Crippen LogP contribution >= 0.6 is 11.6 Å². The van der Waals surface area contributed by atoms with Crippen molar-refractivity contribution < 1.29 is 27.5 Å². The van der Waals surface area contributed by atoms with Crippen LogP contribution < -0.4 is 0 Å². The average molecular weight is 408 g/mol. The normalized spacial score (nSPS) is 12.1. The van der Waals surface area contributed by atoms with Gasteiger partial charge in [0.1, 0.15) is 17.2 Å². The van der Waals surface area contributed by atoms with Crippen molar-refractivity contribution in [2.24, 2.45) is 0 Å². The number of nitrogens with zero attached hydrogens (tertiary/aromatic N) is 1. The summed E-state index contributed by atoms with van der Waals surface area (Å²) >= 11 is 5.99. The molecule has 5 nitrogen and oxygen atoms in total. The molecule has 0 N–H and O–H groups in total. The minimum absolute atomic E-state index is 0.0366. The Labute approximate surface area is 164 Å². The zero-order chi connectivity index (χ0) is 20.6. The molecular weight excluding hydrogens is 392 g/mol. The molecule has 28 heavy (non-hydrogen) atoms. The second kappa shape index (κ2) is 7.59. The Bertz CT molecular complexity index is 1080. The quantitative estimate of drug-likeness (QED) is 0.590. The molecule has 0 saturated heterocycles. The van der Waals surface area contributed by atoms with Gasteiger partial charge in [0.05, 0.1) is 7.11 Å². The summed E-state index contributed by atoms with van der Waals surface area (Å²) in [6.45, 7) is 1.67. The second-order valence-corrected chi connectivity index (χ2v) is 6.64. The highest BCUT2D eigenvalue weighted by Crippen LogP contribution is 2.31. The number of methoxy groups -OCH3 is 1. The highest BCUT2D eigenvalue weighted by atomic mass is 35.5. The van der Waals surface area contributed by atoms with Crippen LogP contribution in [0.2, 0.25) is 5.02 Å². The van der Waals surface area contributed by atoms with Crippen molar-refractivity contribution in [2.45, 2.75) is 13.0 Å². The molecule has 1 aromatic heterocycles. The number of rotatable bonds is 4. The van der Waals surface area contributed by atoms with Crippen LogP contribution in [0.1, 0.15) is 27.7 Å². The van der Waals surface area contributed by atoms with E-state index in [0.717, 1.165) is 30.2 Å². The lowest BCUT2D eigenvalue weighted by Crippen LogP contribution is -2.37. The van der Waals surface area contributed by atoms with E-state index >= 15 is 0 Å². The van der Waals surface area contributed by atoms with E-state index in [1.54, 1.807) is 25.1 Å². The number of benzene rings is 2. The third-order valence-electron chi connectivity index (χ3n) is 4.48. The predicted octanol–water partition coefficient (Wildman–Crippen LogP) is 4.66. The molecule has 1 unspecified atom stereocenters. The number of esters is 1. The summed E-state index contributed by atoms with van der Waals surface area (Å²) in [7, 11) is 2.38. The number of ether oxygens (including phenoxy) is 1. The lowest BCUT2D eigenvalue weighted by Gasteiger charge is -2.26. The van der Waals surface area contributed by atoms with E-state index in [1.165, 1.54) is 7.05 Å². The second-order valence-electron chi connectivity index (χ2n) is 6.20. The fraction of sp³-hybridized carbons (Fsp3) is 0.200. The molecule has 1 atom stereocenters. The molecule has 3 rings (SSSR count). The van der Waals surface area contributed by atoms with Crippen molar-refractivity contribution >= 4 is 34.4 Å². The molecule has 8 heteroatoms. The Morgan fingerprint density at radius 1 is 1.18 bits per heavy atom. The SMILES string of the molecule is COC(=O)C(c1cc(F)ccc1F)N(C)C(=O)c1oc2ccc(Cl)cc2c1C. The summed E-state index contributed by atoms with van der Waals surface area (Å²) in [6, 6.07) is 6.04. The number of likely N-dealkylation sites (N-methyl/N-ethyl adjacent to an activating group) is 1. The van der Waals surface area contributed by atoms with E-state index in [9.17, 15) is 18.4 Å². The van der Waals surface area contributed by atoms with Crippen molar-refractivity contribution in [3.8, 4) is 0 Å². The zero-order valence-corrected chi connectivity index (χ0v) is 16.0. The first-order valence-electron chi connectivity index (χ1n) is 8.23. The summed E-state index contributed by atoms with van der Waals surface area (Å²) in [6.07, 6.45) is 0. The van der Waals surface area contributed by atoms with Gasteiger partial charge in [0.25, 0.3) is 5.91 Å². The van der Waals surface area contributed by atoms with Crippen molar-refractivity contribution in [2.75, 3.05) is 14.2 Å². The number of halogens is 3.